The second-order valence-corrected chi connectivity index (χ2v) is 12.4. The van der Waals surface area contributed by atoms with Gasteiger partial charge >= 0.3 is 0 Å². The van der Waals surface area contributed by atoms with Crippen LogP contribution in [0.4, 0.5) is 5.69 Å². The molecule has 0 bridgehead atoms. The zero-order chi connectivity index (χ0) is 26.3. The average Bonchev–Trinajstić information content (AvgIpc) is 3.21. The van der Waals surface area contributed by atoms with Gasteiger partial charge in [-0.2, -0.15) is 0 Å². The highest BCUT2D eigenvalue weighted by Crippen LogP contribution is 2.65. The molecule has 4 nitrogen and oxygen atoms in total. The maximum Gasteiger partial charge on any atom is 0.252 e. The van der Waals surface area contributed by atoms with Crippen molar-refractivity contribution in [2.75, 3.05) is 11.9 Å². The van der Waals surface area contributed by atoms with E-state index in [1.807, 2.05) is 12.1 Å². The summed E-state index contributed by atoms with van der Waals surface area (Å²) >= 11 is 33.1. The van der Waals surface area contributed by atoms with Gasteiger partial charge in [-0.15, -0.1) is 34.5 Å². The van der Waals surface area contributed by atoms with Crippen LogP contribution >= 0.6 is 69.3 Å². The fraction of sp³-hybridized carbons (Fsp3) is 0.185. The summed E-state index contributed by atoms with van der Waals surface area (Å²) in [6.45, 7) is 0.444. The SMILES string of the molecule is O=C(NCCc1csc2ccccc12)c1cc(NC(=O)[C@H]2[C@H](c3cc(Cl)cc(Cl)c3)C2(Cl)Cl)ccc1Cl. The lowest BCUT2D eigenvalue weighted by Crippen LogP contribution is -2.26. The molecular weight excluding hydrogens is 594 g/mol. The zero-order valence-corrected chi connectivity index (χ0v) is 23.6. The van der Waals surface area contributed by atoms with E-state index in [0.29, 0.717) is 34.3 Å². The number of benzene rings is 3. The van der Waals surface area contributed by atoms with Crippen LogP contribution in [0.25, 0.3) is 10.1 Å². The molecule has 0 radical (unpaired) electrons. The maximum atomic E-state index is 13.0. The Balaban J connectivity index is 1.24. The van der Waals surface area contributed by atoms with Crippen molar-refractivity contribution in [2.45, 2.75) is 16.7 Å². The number of fused-ring (bicyclic) bond motifs is 1. The molecule has 1 aliphatic rings. The predicted molar refractivity (Wildman–Crippen MR) is 155 cm³/mol. The third-order valence-electron chi connectivity index (χ3n) is 6.30. The van der Waals surface area contributed by atoms with Crippen LogP contribution in [0.2, 0.25) is 15.1 Å². The van der Waals surface area contributed by atoms with E-state index >= 15 is 0 Å². The Hall–Kier alpha value is -1.99. The minimum Gasteiger partial charge on any atom is -0.352 e. The van der Waals surface area contributed by atoms with Gasteiger partial charge < -0.3 is 10.6 Å². The first-order chi connectivity index (χ1) is 17.6. The number of thiophene rings is 1. The number of carbonyl (C=O) groups excluding carboxylic acids is 2. The van der Waals surface area contributed by atoms with E-state index < -0.39 is 16.2 Å². The van der Waals surface area contributed by atoms with Gasteiger partial charge in [0.05, 0.1) is 16.5 Å². The molecule has 37 heavy (non-hydrogen) atoms. The van der Waals surface area contributed by atoms with Crippen molar-refractivity contribution in [3.63, 3.8) is 0 Å². The number of carbonyl (C=O) groups is 2. The predicted octanol–water partition coefficient (Wildman–Crippen LogP) is 8.36. The van der Waals surface area contributed by atoms with Gasteiger partial charge in [0.2, 0.25) is 5.91 Å². The molecule has 0 unspecified atom stereocenters. The average molecular weight is 613 g/mol. The summed E-state index contributed by atoms with van der Waals surface area (Å²) in [6, 6.07) is 17.9. The van der Waals surface area contributed by atoms with E-state index in [4.69, 9.17) is 58.0 Å². The molecule has 190 valence electrons. The van der Waals surface area contributed by atoms with Crippen molar-refractivity contribution >= 4 is 96.9 Å². The summed E-state index contributed by atoms with van der Waals surface area (Å²) in [5.74, 6) is -1.92. The van der Waals surface area contributed by atoms with Gasteiger partial charge in [-0.3, -0.25) is 9.59 Å². The molecule has 0 aliphatic heterocycles. The minimum atomic E-state index is -1.31. The number of hydrogen-bond acceptors (Lipinski definition) is 3. The van der Waals surface area contributed by atoms with Crippen molar-refractivity contribution in [2.24, 2.45) is 5.92 Å². The standard InChI is InChI=1S/C27H19Cl5N2O2S/c28-16-9-15(10-17(29)11-16)23-24(27(23,31)32)26(36)34-18-5-6-21(30)20(12-18)25(35)33-8-7-14-13-37-22-4-2-1-3-19(14)22/h1-6,9-13,23-24H,7-8H2,(H,33,35)(H,34,36)/t23-,24+/m0/s1. The van der Waals surface area contributed by atoms with Crippen LogP contribution in [0, 0.1) is 5.92 Å². The van der Waals surface area contributed by atoms with Crippen molar-refractivity contribution in [1.82, 2.24) is 5.32 Å². The van der Waals surface area contributed by atoms with Crippen LogP contribution in [0.15, 0.2) is 66.0 Å². The third kappa shape index (κ3) is 5.58. The number of hydrogen-bond donors (Lipinski definition) is 2. The van der Waals surface area contributed by atoms with Gasteiger partial charge in [0.15, 0.2) is 0 Å². The molecule has 1 aromatic heterocycles. The molecule has 1 saturated carbocycles. The van der Waals surface area contributed by atoms with Crippen molar-refractivity contribution < 1.29 is 9.59 Å². The van der Waals surface area contributed by atoms with E-state index in [1.165, 1.54) is 21.7 Å². The zero-order valence-electron chi connectivity index (χ0n) is 19.0. The molecule has 1 fully saturated rings. The Labute approximate surface area is 242 Å². The molecule has 2 N–H and O–H groups in total. The Morgan fingerprint density at radius 3 is 2.43 bits per heavy atom. The highest BCUT2D eigenvalue weighted by Gasteiger charge is 2.67. The Morgan fingerprint density at radius 2 is 1.68 bits per heavy atom. The number of alkyl halides is 2. The van der Waals surface area contributed by atoms with Gasteiger partial charge in [-0.25, -0.2) is 0 Å². The molecule has 3 aromatic carbocycles. The Bertz CT molecular complexity index is 1500. The number of anilines is 1. The second-order valence-electron chi connectivity index (χ2n) is 8.78. The summed E-state index contributed by atoms with van der Waals surface area (Å²) in [5, 5.41) is 10.1. The first-order valence-corrected chi connectivity index (χ1v) is 14.1. The summed E-state index contributed by atoms with van der Waals surface area (Å²) in [7, 11) is 0. The third-order valence-corrected chi connectivity index (χ3v) is 9.02. The van der Waals surface area contributed by atoms with Gasteiger partial charge in [0, 0.05) is 32.9 Å². The largest absolute Gasteiger partial charge is 0.352 e. The summed E-state index contributed by atoms with van der Waals surface area (Å²) in [4.78, 5) is 25.9. The van der Waals surface area contributed by atoms with Crippen LogP contribution in [-0.2, 0) is 11.2 Å². The van der Waals surface area contributed by atoms with E-state index in [0.717, 1.165) is 0 Å². The molecule has 0 saturated heterocycles. The van der Waals surface area contributed by atoms with Crippen molar-refractivity contribution in [3.05, 3.63) is 97.8 Å². The molecule has 2 amide bonds. The molecule has 5 rings (SSSR count). The maximum absolute atomic E-state index is 13.0. The number of rotatable bonds is 7. The minimum absolute atomic E-state index is 0.256. The lowest BCUT2D eigenvalue weighted by atomic mass is 10.1. The highest BCUT2D eigenvalue weighted by molar-refractivity contribution is 7.17. The summed E-state index contributed by atoms with van der Waals surface area (Å²) in [6.07, 6.45) is 0.688. The number of halogens is 5. The number of nitrogens with one attached hydrogen (secondary N) is 2. The first kappa shape index (κ1) is 26.6. The van der Waals surface area contributed by atoms with E-state index in [2.05, 4.69) is 28.1 Å². The molecule has 10 heteroatoms. The quantitative estimate of drug-likeness (QED) is 0.206. The summed E-state index contributed by atoms with van der Waals surface area (Å²) < 4.78 is -0.0964. The topological polar surface area (TPSA) is 58.2 Å². The molecule has 1 aliphatic carbocycles. The Morgan fingerprint density at radius 1 is 0.946 bits per heavy atom. The second kappa shape index (κ2) is 10.6. The highest BCUT2D eigenvalue weighted by atomic mass is 35.5. The van der Waals surface area contributed by atoms with Crippen LogP contribution < -0.4 is 10.6 Å². The lowest BCUT2D eigenvalue weighted by Gasteiger charge is -2.10. The van der Waals surface area contributed by atoms with Crippen LogP contribution in [0.5, 0.6) is 0 Å². The van der Waals surface area contributed by atoms with E-state index in [-0.39, 0.29) is 22.4 Å². The number of amides is 2. The lowest BCUT2D eigenvalue weighted by molar-refractivity contribution is -0.117. The molecule has 1 heterocycles. The molecule has 0 spiro atoms. The van der Waals surface area contributed by atoms with Crippen molar-refractivity contribution in [3.8, 4) is 0 Å². The van der Waals surface area contributed by atoms with E-state index in [9.17, 15) is 9.59 Å². The molecule has 4 aromatic rings. The first-order valence-electron chi connectivity index (χ1n) is 11.3. The van der Waals surface area contributed by atoms with Crippen LogP contribution in [0.3, 0.4) is 0 Å². The van der Waals surface area contributed by atoms with Crippen LogP contribution in [0.1, 0.15) is 27.4 Å². The molecule has 2 atom stereocenters. The van der Waals surface area contributed by atoms with Crippen LogP contribution in [-0.4, -0.2) is 22.7 Å². The van der Waals surface area contributed by atoms with Gasteiger partial charge in [0.1, 0.15) is 4.33 Å². The fourth-order valence-electron chi connectivity index (χ4n) is 4.45. The Kier molecular flexibility index (Phi) is 7.65. The molecular formula is C27H19Cl5N2O2S. The van der Waals surface area contributed by atoms with Gasteiger partial charge in [0.25, 0.3) is 5.91 Å². The summed E-state index contributed by atoms with van der Waals surface area (Å²) in [5.41, 5.74) is 2.52. The van der Waals surface area contributed by atoms with Crippen molar-refractivity contribution in [1.29, 1.82) is 0 Å². The van der Waals surface area contributed by atoms with Gasteiger partial charge in [-0.1, -0.05) is 53.0 Å². The fourth-order valence-corrected chi connectivity index (χ4v) is 7.02. The monoisotopic (exact) mass is 610 g/mol. The van der Waals surface area contributed by atoms with Gasteiger partial charge in [-0.05, 0) is 70.8 Å². The smallest absolute Gasteiger partial charge is 0.252 e. The van der Waals surface area contributed by atoms with E-state index in [1.54, 1.807) is 41.7 Å². The normalized spacial score (nSPS) is 18.0.